The van der Waals surface area contributed by atoms with Crippen LogP contribution in [0.2, 0.25) is 0 Å². The van der Waals surface area contributed by atoms with Crippen molar-refractivity contribution in [2.75, 3.05) is 7.11 Å². The molecule has 0 radical (unpaired) electrons. The number of ketones is 1. The number of fused-ring (bicyclic) bond motifs is 2. The Hall–Kier alpha value is -2.06. The predicted octanol–water partition coefficient (Wildman–Crippen LogP) is 2.43. The number of rotatable bonds is 1. The number of carbonyl (C=O) groups is 1. The van der Waals surface area contributed by atoms with E-state index in [1.54, 1.807) is 0 Å². The maximum absolute atomic E-state index is 12.3. The van der Waals surface area contributed by atoms with Crippen molar-refractivity contribution in [1.82, 2.24) is 0 Å². The molecule has 0 aromatic heterocycles. The van der Waals surface area contributed by atoms with Gasteiger partial charge in [0.05, 0.1) is 12.7 Å². The molecule has 2 aromatic carbocycles. The van der Waals surface area contributed by atoms with Gasteiger partial charge in [-0.1, -0.05) is 6.07 Å². The van der Waals surface area contributed by atoms with Crippen molar-refractivity contribution in [3.63, 3.8) is 0 Å². The predicted molar refractivity (Wildman–Crippen MR) is 78.6 cm³/mol. The molecule has 1 N–H and O–H groups in total. The first-order valence-electron chi connectivity index (χ1n) is 6.09. The van der Waals surface area contributed by atoms with Crippen LogP contribution in [0.4, 0.5) is 0 Å². The summed E-state index contributed by atoms with van der Waals surface area (Å²) in [4.78, 5) is 12.3. The van der Waals surface area contributed by atoms with Crippen molar-refractivity contribution in [2.45, 2.75) is 6.42 Å². The molecule has 0 saturated carbocycles. The maximum Gasteiger partial charge on any atom is 0.171 e. The molecule has 1 aliphatic rings. The van der Waals surface area contributed by atoms with Crippen LogP contribution in [0.25, 0.3) is 0 Å². The zero-order valence-electron chi connectivity index (χ0n) is 10.8. The third-order valence-electron chi connectivity index (χ3n) is 3.24. The molecule has 1 unspecified atom stereocenters. The van der Waals surface area contributed by atoms with Crippen LogP contribution in [0.3, 0.4) is 0 Å². The lowest BCUT2D eigenvalue weighted by Gasteiger charge is -2.11. The molecule has 2 aromatic rings. The van der Waals surface area contributed by atoms with E-state index in [1.165, 1.54) is 19.2 Å². The summed E-state index contributed by atoms with van der Waals surface area (Å²) in [5.74, 6) is 1.17. The Labute approximate surface area is 118 Å². The van der Waals surface area contributed by atoms with Crippen molar-refractivity contribution in [3.8, 4) is 23.0 Å². The molecular weight excluding hydrogens is 275 g/mol. The molecule has 1 atom stereocenters. The highest BCUT2D eigenvalue weighted by molar-refractivity contribution is 7.27. The highest BCUT2D eigenvalue weighted by Crippen LogP contribution is 2.39. The van der Waals surface area contributed by atoms with Gasteiger partial charge >= 0.3 is 0 Å². The van der Waals surface area contributed by atoms with Crippen LogP contribution in [0.15, 0.2) is 30.3 Å². The average Bonchev–Trinajstić information content (AvgIpc) is 2.54. The fourth-order valence-electron chi connectivity index (χ4n) is 2.24. The van der Waals surface area contributed by atoms with Crippen molar-refractivity contribution in [2.24, 2.45) is 0 Å². The monoisotopic (exact) mass is 288 g/mol. The molecule has 1 aliphatic heterocycles. The molecule has 0 spiro atoms. The molecular formula is C15H13O4P. The minimum atomic E-state index is -0.0905. The summed E-state index contributed by atoms with van der Waals surface area (Å²) in [6, 6.07) is 8.56. The van der Waals surface area contributed by atoms with Gasteiger partial charge in [-0.25, -0.2) is 0 Å². The number of benzene rings is 2. The van der Waals surface area contributed by atoms with Gasteiger partial charge < -0.3 is 14.6 Å². The van der Waals surface area contributed by atoms with E-state index >= 15 is 0 Å². The van der Waals surface area contributed by atoms with Crippen molar-refractivity contribution in [1.29, 1.82) is 0 Å². The Bertz CT molecular complexity index is 709. The van der Waals surface area contributed by atoms with Crippen LogP contribution in [-0.4, -0.2) is 18.0 Å². The second kappa shape index (κ2) is 4.80. The van der Waals surface area contributed by atoms with Gasteiger partial charge in [-0.05, 0) is 23.5 Å². The number of methoxy groups -OCH3 is 1. The lowest BCUT2D eigenvalue weighted by atomic mass is 10.0. The maximum atomic E-state index is 12.3. The molecule has 0 fully saturated rings. The third kappa shape index (κ3) is 2.12. The Morgan fingerprint density at radius 3 is 2.80 bits per heavy atom. The normalized spacial score (nSPS) is 13.0. The van der Waals surface area contributed by atoms with Crippen LogP contribution in [0.1, 0.15) is 15.9 Å². The zero-order valence-corrected chi connectivity index (χ0v) is 12.0. The van der Waals surface area contributed by atoms with E-state index in [1.807, 2.05) is 18.2 Å². The number of phenolic OH excluding ortho intramolecular Hbond substituents is 1. The summed E-state index contributed by atoms with van der Waals surface area (Å²) in [5, 5.41) is 10.8. The first-order valence-corrected chi connectivity index (χ1v) is 6.66. The minimum absolute atomic E-state index is 0.0686. The Kier molecular flexibility index (Phi) is 3.11. The Balaban J connectivity index is 2.16. The van der Waals surface area contributed by atoms with Crippen molar-refractivity contribution in [3.05, 3.63) is 41.5 Å². The van der Waals surface area contributed by atoms with Gasteiger partial charge in [0, 0.05) is 18.1 Å². The Morgan fingerprint density at radius 1 is 1.25 bits per heavy atom. The summed E-state index contributed by atoms with van der Waals surface area (Å²) in [6.45, 7) is 0. The van der Waals surface area contributed by atoms with Crippen molar-refractivity contribution < 1.29 is 19.4 Å². The second-order valence-corrected chi connectivity index (χ2v) is 5.26. The van der Waals surface area contributed by atoms with Gasteiger partial charge in [0.15, 0.2) is 17.3 Å². The molecule has 0 bridgehead atoms. The number of aromatic hydroxyl groups is 1. The number of carbonyl (C=O) groups excluding carboxylic acids is 1. The van der Waals surface area contributed by atoms with E-state index < -0.39 is 0 Å². The average molecular weight is 288 g/mol. The molecule has 1 heterocycles. The topological polar surface area (TPSA) is 55.8 Å². The molecule has 0 saturated heterocycles. The summed E-state index contributed by atoms with van der Waals surface area (Å²) in [6.07, 6.45) is 0.246. The van der Waals surface area contributed by atoms with Gasteiger partial charge in [-0.15, -0.1) is 9.24 Å². The van der Waals surface area contributed by atoms with Crippen LogP contribution in [0.5, 0.6) is 23.0 Å². The second-order valence-electron chi connectivity index (χ2n) is 4.59. The van der Waals surface area contributed by atoms with E-state index in [9.17, 15) is 9.90 Å². The molecule has 3 rings (SSSR count). The molecule has 5 heteroatoms. The van der Waals surface area contributed by atoms with E-state index in [0.717, 1.165) is 10.9 Å². The first kappa shape index (κ1) is 12.9. The van der Waals surface area contributed by atoms with Crippen molar-refractivity contribution >= 4 is 20.3 Å². The number of Topliss-reactive ketones (excluding diaryl/α,β-unsaturated/α-hetero) is 1. The SMILES string of the molecule is COc1cc2c(cc1O)C(=O)Cc1cc(P)ccc1O2. The van der Waals surface area contributed by atoms with Crippen LogP contribution < -0.4 is 14.8 Å². The highest BCUT2D eigenvalue weighted by Gasteiger charge is 2.23. The van der Waals surface area contributed by atoms with Gasteiger partial charge in [0.2, 0.25) is 0 Å². The van der Waals surface area contributed by atoms with E-state index in [0.29, 0.717) is 17.1 Å². The largest absolute Gasteiger partial charge is 0.504 e. The lowest BCUT2D eigenvalue weighted by molar-refractivity contribution is 0.0993. The first-order chi connectivity index (χ1) is 9.58. The number of ether oxygens (including phenoxy) is 2. The molecule has 4 nitrogen and oxygen atoms in total. The fraction of sp³-hybridized carbons (Fsp3) is 0.133. The lowest BCUT2D eigenvalue weighted by Crippen LogP contribution is -2.03. The van der Waals surface area contributed by atoms with E-state index in [-0.39, 0.29) is 23.7 Å². The van der Waals surface area contributed by atoms with E-state index in [2.05, 4.69) is 9.24 Å². The van der Waals surface area contributed by atoms with Crippen LogP contribution in [0, 0.1) is 0 Å². The zero-order chi connectivity index (χ0) is 14.3. The number of phenols is 1. The smallest absolute Gasteiger partial charge is 0.171 e. The van der Waals surface area contributed by atoms with Gasteiger partial charge in [-0.2, -0.15) is 0 Å². The van der Waals surface area contributed by atoms with Crippen LogP contribution >= 0.6 is 9.24 Å². The summed E-state index contributed by atoms with van der Waals surface area (Å²) >= 11 is 0. The number of hydrogen-bond acceptors (Lipinski definition) is 4. The molecule has 0 aliphatic carbocycles. The van der Waals surface area contributed by atoms with Gasteiger partial charge in [-0.3, -0.25) is 4.79 Å². The minimum Gasteiger partial charge on any atom is -0.504 e. The van der Waals surface area contributed by atoms with Gasteiger partial charge in [0.1, 0.15) is 11.5 Å². The molecule has 0 amide bonds. The van der Waals surface area contributed by atoms with Crippen LogP contribution in [-0.2, 0) is 6.42 Å². The van der Waals surface area contributed by atoms with Gasteiger partial charge in [0.25, 0.3) is 0 Å². The summed E-state index contributed by atoms with van der Waals surface area (Å²) < 4.78 is 10.9. The fourth-order valence-corrected chi connectivity index (χ4v) is 2.54. The van der Waals surface area contributed by atoms with E-state index in [4.69, 9.17) is 9.47 Å². The summed E-state index contributed by atoms with van der Waals surface area (Å²) in [7, 11) is 4.05. The number of hydrogen-bond donors (Lipinski definition) is 1. The summed E-state index contributed by atoms with van der Waals surface area (Å²) in [5.41, 5.74) is 1.20. The molecule has 20 heavy (non-hydrogen) atoms. The quantitative estimate of drug-likeness (QED) is 0.819. The molecule has 102 valence electrons. The standard InChI is InChI=1S/C15H13O4P/c1-18-15-7-14-10(6-12(15)17)11(16)5-8-4-9(20)2-3-13(8)19-14/h2-4,6-7,17H,5,20H2,1H3. The Morgan fingerprint density at radius 2 is 2.05 bits per heavy atom. The third-order valence-corrected chi connectivity index (χ3v) is 3.60. The highest BCUT2D eigenvalue weighted by atomic mass is 31.0.